The van der Waals surface area contributed by atoms with Crippen LogP contribution in [0.1, 0.15) is 11.1 Å². The second kappa shape index (κ2) is 6.48. The molecule has 0 N–H and O–H groups in total. The average Bonchev–Trinajstić information content (AvgIpc) is 2.92. The van der Waals surface area contributed by atoms with Crippen LogP contribution in [-0.4, -0.2) is 17.6 Å². The molecule has 0 aliphatic heterocycles. The molecular formula is C19H19NO2. The van der Waals surface area contributed by atoms with Gasteiger partial charge in [0.1, 0.15) is 0 Å². The molecule has 112 valence electrons. The van der Waals surface area contributed by atoms with Gasteiger partial charge in [-0.3, -0.25) is 4.79 Å². The Hall–Kier alpha value is -2.55. The number of para-hydroxylation sites is 1. The van der Waals surface area contributed by atoms with Gasteiger partial charge in [-0.1, -0.05) is 48.5 Å². The van der Waals surface area contributed by atoms with E-state index in [4.69, 9.17) is 4.74 Å². The number of hydrogen-bond acceptors (Lipinski definition) is 2. The van der Waals surface area contributed by atoms with E-state index in [1.165, 1.54) is 12.7 Å². The fourth-order valence-corrected chi connectivity index (χ4v) is 2.77. The third-order valence-corrected chi connectivity index (χ3v) is 3.92. The number of ether oxygens (including phenoxy) is 1. The van der Waals surface area contributed by atoms with E-state index < -0.39 is 0 Å². The largest absolute Gasteiger partial charge is 0.469 e. The van der Waals surface area contributed by atoms with E-state index in [-0.39, 0.29) is 5.97 Å². The van der Waals surface area contributed by atoms with Crippen LogP contribution in [0.15, 0.2) is 60.8 Å². The number of fused-ring (bicyclic) bond motifs is 1. The minimum Gasteiger partial charge on any atom is -0.469 e. The number of aromatic nitrogens is 1. The quantitative estimate of drug-likeness (QED) is 0.673. The smallest absolute Gasteiger partial charge is 0.310 e. The Morgan fingerprint density at radius 1 is 1.05 bits per heavy atom. The van der Waals surface area contributed by atoms with Gasteiger partial charge < -0.3 is 9.30 Å². The van der Waals surface area contributed by atoms with Gasteiger partial charge in [0.05, 0.1) is 13.5 Å². The highest BCUT2D eigenvalue weighted by molar-refractivity contribution is 5.87. The van der Waals surface area contributed by atoms with E-state index in [0.717, 1.165) is 29.4 Å². The zero-order valence-corrected chi connectivity index (χ0v) is 12.7. The topological polar surface area (TPSA) is 31.2 Å². The number of carbonyl (C=O) groups excluding carboxylic acids is 1. The van der Waals surface area contributed by atoms with Crippen LogP contribution >= 0.6 is 0 Å². The standard InChI is InChI=1S/C19H19NO2/c1-22-19(21)13-16-14-20(18-10-6-5-9-17(16)18)12-11-15-7-3-2-4-8-15/h2-10,14H,11-13H2,1H3. The van der Waals surface area contributed by atoms with Crippen molar-refractivity contribution in [1.82, 2.24) is 4.57 Å². The van der Waals surface area contributed by atoms with Gasteiger partial charge in [-0.05, 0) is 23.6 Å². The SMILES string of the molecule is COC(=O)Cc1cn(CCc2ccccc2)c2ccccc12. The maximum atomic E-state index is 11.6. The summed E-state index contributed by atoms with van der Waals surface area (Å²) in [7, 11) is 1.43. The Bertz CT molecular complexity index is 774. The first-order chi connectivity index (χ1) is 10.8. The number of aryl methyl sites for hydroxylation is 2. The van der Waals surface area contributed by atoms with Crippen LogP contribution in [-0.2, 0) is 28.9 Å². The van der Waals surface area contributed by atoms with E-state index >= 15 is 0 Å². The van der Waals surface area contributed by atoms with Crippen molar-refractivity contribution in [2.24, 2.45) is 0 Å². The molecule has 0 unspecified atom stereocenters. The Kier molecular flexibility index (Phi) is 4.24. The molecule has 0 saturated carbocycles. The summed E-state index contributed by atoms with van der Waals surface area (Å²) in [6, 6.07) is 18.6. The summed E-state index contributed by atoms with van der Waals surface area (Å²) in [4.78, 5) is 11.6. The molecule has 0 bridgehead atoms. The first-order valence-corrected chi connectivity index (χ1v) is 7.45. The van der Waals surface area contributed by atoms with Gasteiger partial charge in [0.2, 0.25) is 0 Å². The fourth-order valence-electron chi connectivity index (χ4n) is 2.77. The minimum atomic E-state index is -0.203. The number of methoxy groups -OCH3 is 1. The summed E-state index contributed by atoms with van der Waals surface area (Å²) >= 11 is 0. The molecule has 0 amide bonds. The lowest BCUT2D eigenvalue weighted by atomic mass is 10.1. The van der Waals surface area contributed by atoms with Crippen LogP contribution < -0.4 is 0 Å². The van der Waals surface area contributed by atoms with Gasteiger partial charge in [0.25, 0.3) is 0 Å². The number of nitrogens with zero attached hydrogens (tertiary/aromatic N) is 1. The van der Waals surface area contributed by atoms with Crippen molar-refractivity contribution in [3.05, 3.63) is 71.9 Å². The van der Waals surface area contributed by atoms with E-state index in [0.29, 0.717) is 6.42 Å². The highest BCUT2D eigenvalue weighted by atomic mass is 16.5. The summed E-state index contributed by atoms with van der Waals surface area (Å²) in [6.45, 7) is 0.895. The molecule has 3 aromatic rings. The van der Waals surface area contributed by atoms with Gasteiger partial charge in [-0.2, -0.15) is 0 Å². The molecule has 1 heterocycles. The maximum Gasteiger partial charge on any atom is 0.310 e. The van der Waals surface area contributed by atoms with Crippen LogP contribution in [0.3, 0.4) is 0 Å². The molecule has 22 heavy (non-hydrogen) atoms. The van der Waals surface area contributed by atoms with E-state index in [9.17, 15) is 4.79 Å². The maximum absolute atomic E-state index is 11.6. The van der Waals surface area contributed by atoms with Gasteiger partial charge in [0.15, 0.2) is 0 Å². The minimum absolute atomic E-state index is 0.203. The second-order valence-electron chi connectivity index (χ2n) is 5.35. The van der Waals surface area contributed by atoms with Crippen LogP contribution in [0, 0.1) is 0 Å². The molecule has 1 aromatic heterocycles. The Balaban J connectivity index is 1.87. The van der Waals surface area contributed by atoms with Gasteiger partial charge in [0, 0.05) is 23.6 Å². The van der Waals surface area contributed by atoms with Crippen molar-refractivity contribution in [3.63, 3.8) is 0 Å². The number of rotatable bonds is 5. The van der Waals surface area contributed by atoms with E-state index in [2.05, 4.69) is 47.2 Å². The van der Waals surface area contributed by atoms with Gasteiger partial charge in [-0.15, -0.1) is 0 Å². The molecule has 2 aromatic carbocycles. The van der Waals surface area contributed by atoms with Crippen LogP contribution in [0.4, 0.5) is 0 Å². The molecule has 3 heteroatoms. The van der Waals surface area contributed by atoms with Crippen molar-refractivity contribution in [1.29, 1.82) is 0 Å². The van der Waals surface area contributed by atoms with E-state index in [1.807, 2.05) is 18.2 Å². The molecule has 0 radical (unpaired) electrons. The monoisotopic (exact) mass is 293 g/mol. The van der Waals surface area contributed by atoms with Crippen molar-refractivity contribution in [2.45, 2.75) is 19.4 Å². The van der Waals surface area contributed by atoms with Gasteiger partial charge in [-0.25, -0.2) is 0 Å². The molecule has 3 nitrogen and oxygen atoms in total. The Labute approximate surface area is 130 Å². The summed E-state index contributed by atoms with van der Waals surface area (Å²) in [5.74, 6) is -0.203. The van der Waals surface area contributed by atoms with Crippen LogP contribution in [0.5, 0.6) is 0 Å². The lowest BCUT2D eigenvalue weighted by Gasteiger charge is -2.05. The summed E-state index contributed by atoms with van der Waals surface area (Å²) < 4.78 is 7.02. The molecule has 0 saturated heterocycles. The highest BCUT2D eigenvalue weighted by Crippen LogP contribution is 2.22. The summed E-state index contributed by atoms with van der Waals surface area (Å²) in [6.07, 6.45) is 3.36. The molecule has 0 spiro atoms. The molecular weight excluding hydrogens is 274 g/mol. The van der Waals surface area contributed by atoms with Crippen LogP contribution in [0.2, 0.25) is 0 Å². The molecule has 0 atom stereocenters. The number of carbonyl (C=O) groups is 1. The lowest BCUT2D eigenvalue weighted by molar-refractivity contribution is -0.139. The summed E-state index contributed by atoms with van der Waals surface area (Å²) in [5, 5.41) is 1.13. The third-order valence-electron chi connectivity index (χ3n) is 3.92. The Morgan fingerprint density at radius 2 is 1.77 bits per heavy atom. The molecule has 3 rings (SSSR count). The highest BCUT2D eigenvalue weighted by Gasteiger charge is 2.11. The van der Waals surface area contributed by atoms with Crippen molar-refractivity contribution in [2.75, 3.05) is 7.11 Å². The molecule has 0 aliphatic rings. The van der Waals surface area contributed by atoms with Crippen LogP contribution in [0.25, 0.3) is 10.9 Å². The number of esters is 1. The first kappa shape index (κ1) is 14.4. The lowest BCUT2D eigenvalue weighted by Crippen LogP contribution is -2.04. The third kappa shape index (κ3) is 3.03. The zero-order chi connectivity index (χ0) is 15.4. The van der Waals surface area contributed by atoms with Crippen molar-refractivity contribution >= 4 is 16.9 Å². The number of benzene rings is 2. The zero-order valence-electron chi connectivity index (χ0n) is 12.7. The fraction of sp³-hybridized carbons (Fsp3) is 0.211. The molecule has 0 aliphatic carbocycles. The predicted octanol–water partition coefficient (Wildman–Crippen LogP) is 3.60. The Morgan fingerprint density at radius 3 is 2.55 bits per heavy atom. The van der Waals surface area contributed by atoms with Crippen molar-refractivity contribution in [3.8, 4) is 0 Å². The average molecular weight is 293 g/mol. The first-order valence-electron chi connectivity index (χ1n) is 7.45. The summed E-state index contributed by atoms with van der Waals surface area (Å²) in [5.41, 5.74) is 3.50. The molecule has 0 fully saturated rings. The van der Waals surface area contributed by atoms with Crippen molar-refractivity contribution < 1.29 is 9.53 Å². The van der Waals surface area contributed by atoms with Gasteiger partial charge >= 0.3 is 5.97 Å². The second-order valence-corrected chi connectivity index (χ2v) is 5.35. The normalized spacial score (nSPS) is 10.8. The predicted molar refractivity (Wildman–Crippen MR) is 87.8 cm³/mol. The number of hydrogen-bond donors (Lipinski definition) is 0. The van der Waals surface area contributed by atoms with E-state index in [1.54, 1.807) is 0 Å².